The summed E-state index contributed by atoms with van der Waals surface area (Å²) in [5.41, 5.74) is 2.54. The zero-order valence-electron chi connectivity index (χ0n) is 12.4. The van der Waals surface area contributed by atoms with E-state index in [2.05, 4.69) is 36.1 Å². The first kappa shape index (κ1) is 15.3. The van der Waals surface area contributed by atoms with Crippen molar-refractivity contribution >= 4 is 5.69 Å². The molecule has 2 rings (SSSR count). The van der Waals surface area contributed by atoms with Gasteiger partial charge in [0, 0.05) is 19.3 Å². The van der Waals surface area contributed by atoms with Crippen molar-refractivity contribution in [3.05, 3.63) is 29.8 Å². The molecule has 0 aliphatic carbocycles. The van der Waals surface area contributed by atoms with Crippen molar-refractivity contribution in [3.8, 4) is 0 Å². The fourth-order valence-corrected chi connectivity index (χ4v) is 2.50. The number of aliphatic hydroxyl groups excluding tert-OH is 1. The summed E-state index contributed by atoms with van der Waals surface area (Å²) < 4.78 is 10.9. The molecule has 20 heavy (non-hydrogen) atoms. The van der Waals surface area contributed by atoms with Gasteiger partial charge in [-0.05, 0) is 30.5 Å². The van der Waals surface area contributed by atoms with Crippen LogP contribution in [0.3, 0.4) is 0 Å². The minimum Gasteiger partial charge on any atom is -0.394 e. The van der Waals surface area contributed by atoms with E-state index in [1.807, 2.05) is 0 Å². The van der Waals surface area contributed by atoms with Gasteiger partial charge in [-0.1, -0.05) is 25.5 Å². The first-order valence-electron chi connectivity index (χ1n) is 7.39. The highest BCUT2D eigenvalue weighted by molar-refractivity contribution is 5.48. The van der Waals surface area contributed by atoms with Gasteiger partial charge in [0.15, 0.2) is 6.29 Å². The van der Waals surface area contributed by atoms with Crippen molar-refractivity contribution in [2.75, 3.05) is 31.7 Å². The Morgan fingerprint density at radius 2 is 2.05 bits per heavy atom. The topological polar surface area (TPSA) is 41.9 Å². The largest absolute Gasteiger partial charge is 0.394 e. The predicted molar refractivity (Wildman–Crippen MR) is 80.0 cm³/mol. The number of morpholine rings is 1. The number of hydrogen-bond donors (Lipinski definition) is 1. The Balaban J connectivity index is 2.02. The van der Waals surface area contributed by atoms with Crippen LogP contribution >= 0.6 is 0 Å². The van der Waals surface area contributed by atoms with E-state index in [4.69, 9.17) is 9.47 Å². The first-order valence-corrected chi connectivity index (χ1v) is 7.39. The second kappa shape index (κ2) is 7.62. The van der Waals surface area contributed by atoms with Crippen LogP contribution in [-0.4, -0.2) is 44.3 Å². The number of methoxy groups -OCH3 is 1. The molecule has 0 unspecified atom stereocenters. The number of anilines is 1. The number of unbranched alkanes of at least 4 members (excludes halogenated alkanes) is 1. The maximum Gasteiger partial charge on any atom is 0.175 e. The van der Waals surface area contributed by atoms with Crippen molar-refractivity contribution < 1.29 is 14.6 Å². The summed E-state index contributed by atoms with van der Waals surface area (Å²) in [5.74, 6) is 0. The van der Waals surface area contributed by atoms with E-state index in [9.17, 15) is 5.11 Å². The summed E-state index contributed by atoms with van der Waals surface area (Å²) in [7, 11) is 1.64. The van der Waals surface area contributed by atoms with E-state index in [0.29, 0.717) is 13.1 Å². The third-order valence-corrected chi connectivity index (χ3v) is 3.72. The zero-order chi connectivity index (χ0) is 14.4. The van der Waals surface area contributed by atoms with Crippen LogP contribution in [0.15, 0.2) is 24.3 Å². The quantitative estimate of drug-likeness (QED) is 0.867. The molecule has 2 atom stereocenters. The summed E-state index contributed by atoms with van der Waals surface area (Å²) in [6.45, 7) is 3.62. The Morgan fingerprint density at radius 3 is 2.65 bits per heavy atom. The van der Waals surface area contributed by atoms with Crippen LogP contribution in [0.5, 0.6) is 0 Å². The Bertz CT molecular complexity index is 381. The second-order valence-electron chi connectivity index (χ2n) is 5.28. The van der Waals surface area contributed by atoms with E-state index in [-0.39, 0.29) is 19.0 Å². The number of rotatable bonds is 6. The van der Waals surface area contributed by atoms with E-state index in [1.165, 1.54) is 18.4 Å². The summed E-state index contributed by atoms with van der Waals surface area (Å²) in [6, 6.07) is 8.68. The van der Waals surface area contributed by atoms with Crippen LogP contribution in [0.1, 0.15) is 25.3 Å². The molecule has 1 fully saturated rings. The molecule has 1 aromatic rings. The lowest BCUT2D eigenvalue weighted by Gasteiger charge is -2.38. The van der Waals surface area contributed by atoms with Crippen molar-refractivity contribution in [3.63, 3.8) is 0 Å². The van der Waals surface area contributed by atoms with Gasteiger partial charge in [0.25, 0.3) is 0 Å². The lowest BCUT2D eigenvalue weighted by atomic mass is 10.1. The zero-order valence-corrected chi connectivity index (χ0v) is 12.4. The van der Waals surface area contributed by atoms with Crippen LogP contribution < -0.4 is 4.90 Å². The number of aryl methyl sites for hydroxylation is 1. The van der Waals surface area contributed by atoms with Gasteiger partial charge in [0.05, 0.1) is 13.2 Å². The standard InChI is InChI=1S/C16H25NO3/c1-3-4-5-13-6-8-14(9-7-13)17-10-15(12-18)20-16(11-17)19-2/h6-9,15-16,18H,3-5,10-12H2,1-2H3/t15-,16-/m0/s1. The molecule has 1 aliphatic rings. The fourth-order valence-electron chi connectivity index (χ4n) is 2.50. The predicted octanol–water partition coefficient (Wildman–Crippen LogP) is 2.20. The Hall–Kier alpha value is -1.10. The second-order valence-corrected chi connectivity index (χ2v) is 5.28. The minimum absolute atomic E-state index is 0.0188. The van der Waals surface area contributed by atoms with Crippen LogP contribution in [0.4, 0.5) is 5.69 Å². The summed E-state index contributed by atoms with van der Waals surface area (Å²) in [4.78, 5) is 2.21. The molecule has 4 nitrogen and oxygen atoms in total. The van der Waals surface area contributed by atoms with E-state index in [1.54, 1.807) is 7.11 Å². The average Bonchev–Trinajstić information content (AvgIpc) is 2.52. The smallest absolute Gasteiger partial charge is 0.175 e. The van der Waals surface area contributed by atoms with Crippen molar-refractivity contribution in [1.82, 2.24) is 0 Å². The third kappa shape index (κ3) is 3.95. The van der Waals surface area contributed by atoms with Crippen LogP contribution in [0.25, 0.3) is 0 Å². The number of ether oxygens (including phenoxy) is 2. The van der Waals surface area contributed by atoms with Crippen LogP contribution in [0, 0.1) is 0 Å². The molecule has 1 saturated heterocycles. The summed E-state index contributed by atoms with van der Waals surface area (Å²) in [5, 5.41) is 9.30. The number of hydrogen-bond acceptors (Lipinski definition) is 4. The molecule has 1 N–H and O–H groups in total. The Labute approximate surface area is 121 Å². The highest BCUT2D eigenvalue weighted by atomic mass is 16.7. The molecule has 112 valence electrons. The molecule has 0 aromatic heterocycles. The molecule has 1 aliphatic heterocycles. The Kier molecular flexibility index (Phi) is 5.83. The first-order chi connectivity index (χ1) is 9.76. The highest BCUT2D eigenvalue weighted by Gasteiger charge is 2.27. The fraction of sp³-hybridized carbons (Fsp3) is 0.625. The molecule has 1 heterocycles. The van der Waals surface area contributed by atoms with Gasteiger partial charge in [0.1, 0.15) is 6.10 Å². The normalized spacial score (nSPS) is 23.1. The van der Waals surface area contributed by atoms with Gasteiger partial charge in [-0.25, -0.2) is 0 Å². The van der Waals surface area contributed by atoms with E-state index < -0.39 is 0 Å². The lowest BCUT2D eigenvalue weighted by molar-refractivity contribution is -0.170. The summed E-state index contributed by atoms with van der Waals surface area (Å²) in [6.07, 6.45) is 3.13. The number of benzene rings is 1. The molecule has 0 saturated carbocycles. The molecule has 0 amide bonds. The Morgan fingerprint density at radius 1 is 1.30 bits per heavy atom. The minimum atomic E-state index is -0.277. The van der Waals surface area contributed by atoms with Crippen molar-refractivity contribution in [1.29, 1.82) is 0 Å². The van der Waals surface area contributed by atoms with Crippen molar-refractivity contribution in [2.24, 2.45) is 0 Å². The van der Waals surface area contributed by atoms with Crippen LogP contribution in [0.2, 0.25) is 0 Å². The highest BCUT2D eigenvalue weighted by Crippen LogP contribution is 2.21. The van der Waals surface area contributed by atoms with Gasteiger partial charge in [0.2, 0.25) is 0 Å². The van der Waals surface area contributed by atoms with Gasteiger partial charge < -0.3 is 19.5 Å². The molecular formula is C16H25NO3. The third-order valence-electron chi connectivity index (χ3n) is 3.72. The molecule has 0 spiro atoms. The molecular weight excluding hydrogens is 254 g/mol. The number of aliphatic hydroxyl groups is 1. The van der Waals surface area contributed by atoms with Crippen molar-refractivity contribution in [2.45, 2.75) is 38.6 Å². The monoisotopic (exact) mass is 279 g/mol. The lowest BCUT2D eigenvalue weighted by Crippen LogP contribution is -2.49. The molecule has 0 bridgehead atoms. The van der Waals surface area contributed by atoms with E-state index in [0.717, 1.165) is 12.1 Å². The van der Waals surface area contributed by atoms with Gasteiger partial charge >= 0.3 is 0 Å². The van der Waals surface area contributed by atoms with Crippen LogP contribution in [-0.2, 0) is 15.9 Å². The van der Waals surface area contributed by atoms with Gasteiger partial charge in [-0.3, -0.25) is 0 Å². The maximum atomic E-state index is 9.30. The van der Waals surface area contributed by atoms with Gasteiger partial charge in [-0.15, -0.1) is 0 Å². The average molecular weight is 279 g/mol. The number of nitrogens with zero attached hydrogens (tertiary/aromatic N) is 1. The molecule has 0 radical (unpaired) electrons. The molecule has 4 heteroatoms. The van der Waals surface area contributed by atoms with Gasteiger partial charge in [-0.2, -0.15) is 0 Å². The maximum absolute atomic E-state index is 9.30. The van der Waals surface area contributed by atoms with E-state index >= 15 is 0 Å². The SMILES string of the molecule is CCCCc1ccc(N2C[C@@H](CO)O[C@H](OC)C2)cc1. The summed E-state index contributed by atoms with van der Waals surface area (Å²) >= 11 is 0. The molecule has 1 aromatic carbocycles.